The van der Waals surface area contributed by atoms with Crippen molar-refractivity contribution in [2.75, 3.05) is 7.11 Å². The summed E-state index contributed by atoms with van der Waals surface area (Å²) in [5, 5.41) is 0. The Hall–Kier alpha value is -3.53. The molecule has 0 amide bonds. The number of hydrogen-bond acceptors (Lipinski definition) is 4. The van der Waals surface area contributed by atoms with Crippen LogP contribution >= 0.6 is 0 Å². The van der Waals surface area contributed by atoms with E-state index in [0.717, 1.165) is 23.1 Å². The number of benzene rings is 2. The van der Waals surface area contributed by atoms with E-state index in [1.807, 2.05) is 30.6 Å². The fourth-order valence-corrected chi connectivity index (χ4v) is 3.81. The van der Waals surface area contributed by atoms with Crippen molar-refractivity contribution >= 4 is 23.7 Å². The van der Waals surface area contributed by atoms with Crippen molar-refractivity contribution < 1.29 is 9.53 Å². The molecule has 0 saturated heterocycles. The van der Waals surface area contributed by atoms with E-state index in [1.165, 1.54) is 23.8 Å². The van der Waals surface area contributed by atoms with Crippen LogP contribution in [0.3, 0.4) is 0 Å². The number of carbonyl (C=O) groups excluding carboxylic acids is 1. The van der Waals surface area contributed by atoms with Crippen LogP contribution in [0.15, 0.2) is 67.3 Å². The van der Waals surface area contributed by atoms with Gasteiger partial charge in [-0.25, -0.2) is 14.8 Å². The highest BCUT2D eigenvalue weighted by atomic mass is 16.5. The van der Waals surface area contributed by atoms with Gasteiger partial charge in [0.2, 0.25) is 0 Å². The Morgan fingerprint density at radius 1 is 1.00 bits per heavy atom. The van der Waals surface area contributed by atoms with Crippen LogP contribution in [0.25, 0.3) is 17.7 Å². The monoisotopic (exact) mass is 396 g/mol. The minimum atomic E-state index is -0.327. The number of fused-ring (bicyclic) bond motifs is 1. The van der Waals surface area contributed by atoms with Crippen molar-refractivity contribution in [1.82, 2.24) is 9.97 Å². The average molecular weight is 396 g/mol. The molecule has 0 radical (unpaired) electrons. The SMILES string of the molecule is COC(=O)c1ccc(C=Cc2ccc3c(c2)C(c2cncnc2)=CCC3(C)C)cc1. The molecule has 1 heterocycles. The number of nitrogens with zero attached hydrogens (tertiary/aromatic N) is 2. The van der Waals surface area contributed by atoms with Crippen LogP contribution in [0.5, 0.6) is 0 Å². The fraction of sp³-hybridized carbons (Fsp3) is 0.192. The lowest BCUT2D eigenvalue weighted by Gasteiger charge is -2.32. The van der Waals surface area contributed by atoms with E-state index in [9.17, 15) is 4.79 Å². The van der Waals surface area contributed by atoms with E-state index in [1.54, 1.807) is 18.5 Å². The predicted octanol–water partition coefficient (Wildman–Crippen LogP) is 5.55. The maximum atomic E-state index is 11.6. The third kappa shape index (κ3) is 3.94. The van der Waals surface area contributed by atoms with Crippen LogP contribution in [0.4, 0.5) is 0 Å². The molecule has 150 valence electrons. The van der Waals surface area contributed by atoms with Gasteiger partial charge < -0.3 is 4.74 Å². The van der Waals surface area contributed by atoms with Crippen LogP contribution in [-0.2, 0) is 10.2 Å². The summed E-state index contributed by atoms with van der Waals surface area (Å²) in [7, 11) is 1.39. The molecule has 4 nitrogen and oxygen atoms in total. The molecular formula is C26H24N2O2. The first-order valence-corrected chi connectivity index (χ1v) is 9.95. The van der Waals surface area contributed by atoms with Crippen LogP contribution in [0, 0.1) is 0 Å². The van der Waals surface area contributed by atoms with E-state index in [-0.39, 0.29) is 11.4 Å². The number of esters is 1. The Balaban J connectivity index is 1.66. The zero-order valence-corrected chi connectivity index (χ0v) is 17.4. The van der Waals surface area contributed by atoms with E-state index >= 15 is 0 Å². The molecule has 4 rings (SSSR count). The molecule has 0 fully saturated rings. The summed E-state index contributed by atoms with van der Waals surface area (Å²) in [6.07, 6.45) is 12.7. The Bertz CT molecular complexity index is 1130. The van der Waals surface area contributed by atoms with Crippen molar-refractivity contribution in [2.24, 2.45) is 0 Å². The van der Waals surface area contributed by atoms with Gasteiger partial charge in [-0.05, 0) is 57.9 Å². The van der Waals surface area contributed by atoms with E-state index in [0.29, 0.717) is 5.56 Å². The molecule has 0 spiro atoms. The summed E-state index contributed by atoms with van der Waals surface area (Å²) < 4.78 is 4.75. The van der Waals surface area contributed by atoms with Crippen molar-refractivity contribution in [1.29, 1.82) is 0 Å². The predicted molar refractivity (Wildman–Crippen MR) is 120 cm³/mol. The number of rotatable bonds is 4. The molecule has 1 aliphatic rings. The molecule has 1 aliphatic carbocycles. The van der Waals surface area contributed by atoms with E-state index in [4.69, 9.17) is 4.74 Å². The lowest BCUT2D eigenvalue weighted by atomic mass is 9.72. The average Bonchev–Trinajstić information content (AvgIpc) is 2.78. The minimum Gasteiger partial charge on any atom is -0.465 e. The largest absolute Gasteiger partial charge is 0.465 e. The Labute approximate surface area is 177 Å². The lowest BCUT2D eigenvalue weighted by Crippen LogP contribution is -2.22. The van der Waals surface area contributed by atoms with Crippen LogP contribution in [0.1, 0.15) is 58.4 Å². The highest BCUT2D eigenvalue weighted by Crippen LogP contribution is 2.41. The molecule has 0 aliphatic heterocycles. The smallest absolute Gasteiger partial charge is 0.337 e. The van der Waals surface area contributed by atoms with Gasteiger partial charge in [-0.1, -0.05) is 56.3 Å². The molecule has 1 aromatic heterocycles. The number of allylic oxidation sites excluding steroid dienone is 1. The van der Waals surface area contributed by atoms with Gasteiger partial charge in [-0.3, -0.25) is 0 Å². The van der Waals surface area contributed by atoms with Crippen molar-refractivity contribution in [2.45, 2.75) is 25.7 Å². The first kappa shape index (κ1) is 19.8. The third-order valence-corrected chi connectivity index (χ3v) is 5.55. The molecule has 3 aromatic rings. The third-order valence-electron chi connectivity index (χ3n) is 5.55. The molecule has 0 atom stereocenters. The van der Waals surface area contributed by atoms with Crippen LogP contribution < -0.4 is 0 Å². The second kappa shape index (κ2) is 8.07. The van der Waals surface area contributed by atoms with Gasteiger partial charge >= 0.3 is 5.97 Å². The number of carbonyl (C=O) groups is 1. The lowest BCUT2D eigenvalue weighted by molar-refractivity contribution is 0.0600. The van der Waals surface area contributed by atoms with Gasteiger partial charge in [0.1, 0.15) is 6.33 Å². The Morgan fingerprint density at radius 3 is 2.37 bits per heavy atom. The number of aromatic nitrogens is 2. The molecule has 0 unspecified atom stereocenters. The second-order valence-corrected chi connectivity index (χ2v) is 8.08. The highest BCUT2D eigenvalue weighted by molar-refractivity contribution is 5.89. The highest BCUT2D eigenvalue weighted by Gasteiger charge is 2.28. The first-order valence-electron chi connectivity index (χ1n) is 9.95. The molecule has 4 heteroatoms. The first-order chi connectivity index (χ1) is 14.5. The van der Waals surface area contributed by atoms with Crippen molar-refractivity contribution in [3.63, 3.8) is 0 Å². The molecule has 0 saturated carbocycles. The summed E-state index contributed by atoms with van der Waals surface area (Å²) in [6.45, 7) is 4.55. The van der Waals surface area contributed by atoms with Gasteiger partial charge in [0, 0.05) is 18.0 Å². The maximum absolute atomic E-state index is 11.6. The van der Waals surface area contributed by atoms with Gasteiger partial charge in [-0.2, -0.15) is 0 Å². The Kier molecular flexibility index (Phi) is 5.32. The van der Waals surface area contributed by atoms with Crippen molar-refractivity contribution in [3.8, 4) is 0 Å². The summed E-state index contributed by atoms with van der Waals surface area (Å²) in [4.78, 5) is 20.0. The Morgan fingerprint density at radius 2 is 1.67 bits per heavy atom. The van der Waals surface area contributed by atoms with E-state index in [2.05, 4.69) is 54.2 Å². The quantitative estimate of drug-likeness (QED) is 0.429. The summed E-state index contributed by atoms with van der Waals surface area (Å²) in [6, 6.07) is 14.0. The second-order valence-electron chi connectivity index (χ2n) is 8.08. The van der Waals surface area contributed by atoms with E-state index < -0.39 is 0 Å². The number of methoxy groups -OCH3 is 1. The molecule has 0 bridgehead atoms. The van der Waals surface area contributed by atoms with Crippen molar-refractivity contribution in [3.05, 3.63) is 101 Å². The standard InChI is InChI=1S/C26H24N2O2/c1-26(2)13-12-22(21-15-27-17-28-16-21)23-14-19(8-11-24(23)26)5-4-18-6-9-20(10-7-18)25(29)30-3/h4-12,14-17H,13H2,1-3H3. The zero-order valence-electron chi connectivity index (χ0n) is 17.4. The maximum Gasteiger partial charge on any atom is 0.337 e. The summed E-state index contributed by atoms with van der Waals surface area (Å²) >= 11 is 0. The topological polar surface area (TPSA) is 52.1 Å². The molecule has 30 heavy (non-hydrogen) atoms. The van der Waals surface area contributed by atoms with Gasteiger partial charge in [-0.15, -0.1) is 0 Å². The number of hydrogen-bond donors (Lipinski definition) is 0. The fourth-order valence-electron chi connectivity index (χ4n) is 3.81. The minimum absolute atomic E-state index is 0.0838. The van der Waals surface area contributed by atoms with Gasteiger partial charge in [0.15, 0.2) is 0 Å². The van der Waals surface area contributed by atoms with Crippen LogP contribution in [0.2, 0.25) is 0 Å². The zero-order chi connectivity index (χ0) is 21.1. The summed E-state index contributed by atoms with van der Waals surface area (Å²) in [5.41, 5.74) is 7.55. The van der Waals surface area contributed by atoms with Gasteiger partial charge in [0.05, 0.1) is 12.7 Å². The number of ether oxygens (including phenoxy) is 1. The molecular weight excluding hydrogens is 372 g/mol. The van der Waals surface area contributed by atoms with Crippen LogP contribution in [-0.4, -0.2) is 23.0 Å². The molecule has 2 aromatic carbocycles. The summed E-state index contributed by atoms with van der Waals surface area (Å²) in [5.74, 6) is -0.327. The van der Waals surface area contributed by atoms with Gasteiger partial charge in [0.25, 0.3) is 0 Å². The molecule has 0 N–H and O–H groups in total. The normalized spacial score (nSPS) is 14.8.